The largest absolute Gasteiger partial charge is 0.454 e. The van der Waals surface area contributed by atoms with Crippen molar-refractivity contribution in [1.82, 2.24) is 9.71 Å². The molecule has 0 fully saturated rings. The molecule has 2 heterocycles. The molecule has 0 saturated carbocycles. The van der Waals surface area contributed by atoms with Crippen LogP contribution in [0.1, 0.15) is 15.9 Å². The molecule has 2 aromatic heterocycles. The van der Waals surface area contributed by atoms with Gasteiger partial charge in [-0.2, -0.15) is 0 Å². The highest BCUT2D eigenvalue weighted by atomic mass is 35.5. The highest BCUT2D eigenvalue weighted by molar-refractivity contribution is 7.90. The van der Waals surface area contributed by atoms with Gasteiger partial charge in [0.1, 0.15) is 11.3 Å². The zero-order valence-corrected chi connectivity index (χ0v) is 18.9. The molecule has 0 aliphatic carbocycles. The van der Waals surface area contributed by atoms with E-state index in [0.29, 0.717) is 33.0 Å². The molecule has 0 aliphatic heterocycles. The highest BCUT2D eigenvalue weighted by Gasteiger charge is 2.21. The second-order valence-electron chi connectivity index (χ2n) is 7.60. The summed E-state index contributed by atoms with van der Waals surface area (Å²) in [6, 6.07) is 22.2. The lowest BCUT2D eigenvalue weighted by Gasteiger charge is -2.09. The molecule has 0 unspecified atom stereocenters. The quantitative estimate of drug-likeness (QED) is 0.358. The summed E-state index contributed by atoms with van der Waals surface area (Å²) >= 11 is 6.08. The average molecular weight is 477 g/mol. The number of hydrogen-bond donors (Lipinski definition) is 1. The van der Waals surface area contributed by atoms with Crippen molar-refractivity contribution in [1.29, 1.82) is 0 Å². The first kappa shape index (κ1) is 21.2. The normalized spacial score (nSPS) is 11.7. The molecule has 1 N–H and O–H groups in total. The second kappa shape index (κ2) is 8.03. The van der Waals surface area contributed by atoms with Crippen LogP contribution in [0.5, 0.6) is 0 Å². The van der Waals surface area contributed by atoms with Gasteiger partial charge in [-0.05, 0) is 61.0 Å². The Labute approximate surface area is 194 Å². The van der Waals surface area contributed by atoms with Crippen LogP contribution in [-0.2, 0) is 10.0 Å². The first-order chi connectivity index (χ1) is 15.8. The van der Waals surface area contributed by atoms with Gasteiger partial charge in [0.15, 0.2) is 5.76 Å². The average Bonchev–Trinajstić information content (AvgIpc) is 3.22. The summed E-state index contributed by atoms with van der Waals surface area (Å²) in [5.74, 6) is -0.196. The van der Waals surface area contributed by atoms with Gasteiger partial charge >= 0.3 is 0 Å². The van der Waals surface area contributed by atoms with Crippen molar-refractivity contribution in [2.45, 2.75) is 11.8 Å². The molecule has 8 heteroatoms. The van der Waals surface area contributed by atoms with Crippen LogP contribution >= 0.6 is 11.6 Å². The molecular formula is C25H17ClN2O4S. The number of benzene rings is 3. The van der Waals surface area contributed by atoms with Gasteiger partial charge in [0.2, 0.25) is 0 Å². The van der Waals surface area contributed by atoms with Gasteiger partial charge in [-0.15, -0.1) is 0 Å². The Kier molecular flexibility index (Phi) is 5.15. The predicted molar refractivity (Wildman–Crippen MR) is 128 cm³/mol. The molecule has 1 amide bonds. The lowest BCUT2D eigenvalue weighted by molar-refractivity contribution is 0.0981. The van der Waals surface area contributed by atoms with Crippen LogP contribution in [0.15, 0.2) is 88.2 Å². The number of aromatic nitrogens is 1. The van der Waals surface area contributed by atoms with Crippen molar-refractivity contribution in [3.8, 4) is 11.5 Å². The van der Waals surface area contributed by atoms with Crippen LogP contribution < -0.4 is 4.72 Å². The fourth-order valence-electron chi connectivity index (χ4n) is 3.63. The van der Waals surface area contributed by atoms with Crippen LogP contribution in [0.25, 0.3) is 33.3 Å². The lowest BCUT2D eigenvalue weighted by Crippen LogP contribution is -2.31. The third kappa shape index (κ3) is 4.08. The fraction of sp³-hybridized carbons (Fsp3) is 0.0400. The number of sulfonamides is 1. The topological polar surface area (TPSA) is 89.3 Å². The molecule has 0 bridgehead atoms. The minimum atomic E-state index is -4.00. The number of aryl methyl sites for hydroxylation is 1. The van der Waals surface area contributed by atoms with Crippen LogP contribution in [0.3, 0.4) is 0 Å². The Bertz CT molecular complexity index is 1660. The number of furan rings is 1. The summed E-state index contributed by atoms with van der Waals surface area (Å²) in [6.07, 6.45) is 0. The van der Waals surface area contributed by atoms with Crippen molar-refractivity contribution in [3.05, 3.63) is 95.0 Å². The number of amides is 1. The Morgan fingerprint density at radius 1 is 0.939 bits per heavy atom. The minimum Gasteiger partial charge on any atom is -0.454 e. The van der Waals surface area contributed by atoms with Crippen molar-refractivity contribution >= 4 is 49.4 Å². The Morgan fingerprint density at radius 3 is 2.55 bits per heavy atom. The first-order valence-electron chi connectivity index (χ1n) is 10.0. The number of rotatable bonds is 4. The van der Waals surface area contributed by atoms with E-state index in [1.807, 2.05) is 18.2 Å². The number of halogens is 1. The van der Waals surface area contributed by atoms with Crippen LogP contribution in [0, 0.1) is 6.92 Å². The number of fused-ring (bicyclic) bond motifs is 2. The van der Waals surface area contributed by atoms with Gasteiger partial charge < -0.3 is 4.42 Å². The maximum atomic E-state index is 12.7. The van der Waals surface area contributed by atoms with Crippen molar-refractivity contribution in [2.75, 3.05) is 0 Å². The third-order valence-electron chi connectivity index (χ3n) is 5.30. The molecule has 164 valence electrons. The summed E-state index contributed by atoms with van der Waals surface area (Å²) in [7, 11) is -4.00. The maximum absolute atomic E-state index is 12.7. The summed E-state index contributed by atoms with van der Waals surface area (Å²) in [5.41, 5.74) is 2.66. The summed E-state index contributed by atoms with van der Waals surface area (Å²) in [4.78, 5) is 17.4. The van der Waals surface area contributed by atoms with Gasteiger partial charge in [0.25, 0.3) is 15.9 Å². The zero-order valence-electron chi connectivity index (χ0n) is 17.4. The highest BCUT2D eigenvalue weighted by Crippen LogP contribution is 2.29. The van der Waals surface area contributed by atoms with Gasteiger partial charge in [0.05, 0.1) is 10.4 Å². The number of nitrogens with zero attached hydrogens (tertiary/aromatic N) is 1. The van der Waals surface area contributed by atoms with Crippen molar-refractivity contribution in [3.63, 3.8) is 0 Å². The van der Waals surface area contributed by atoms with Gasteiger partial charge in [-0.3, -0.25) is 4.79 Å². The molecule has 33 heavy (non-hydrogen) atoms. The molecule has 0 spiro atoms. The third-order valence-corrected chi connectivity index (χ3v) is 7.02. The number of carbonyl (C=O) groups excluding carboxylic acids is 1. The van der Waals surface area contributed by atoms with E-state index in [1.54, 1.807) is 55.5 Å². The number of carbonyl (C=O) groups is 1. The first-order valence-corrected chi connectivity index (χ1v) is 11.9. The molecule has 3 aromatic carbocycles. The van der Waals surface area contributed by atoms with Crippen LogP contribution in [0.4, 0.5) is 0 Å². The smallest absolute Gasteiger partial charge is 0.265 e. The van der Waals surface area contributed by atoms with E-state index in [0.717, 1.165) is 10.9 Å². The predicted octanol–water partition coefficient (Wildman–Crippen LogP) is 5.73. The van der Waals surface area contributed by atoms with Gasteiger partial charge in [0, 0.05) is 21.4 Å². The number of nitrogens with one attached hydrogen (secondary N) is 1. The number of pyridine rings is 1. The molecule has 0 radical (unpaired) electrons. The van der Waals surface area contributed by atoms with E-state index >= 15 is 0 Å². The Morgan fingerprint density at radius 2 is 1.73 bits per heavy atom. The maximum Gasteiger partial charge on any atom is 0.265 e. The molecule has 5 rings (SSSR count). The molecule has 5 aromatic rings. The summed E-state index contributed by atoms with van der Waals surface area (Å²) in [5, 5.41) is 2.19. The Balaban J connectivity index is 1.46. The zero-order chi connectivity index (χ0) is 23.2. The lowest BCUT2D eigenvalue weighted by atomic mass is 10.1. The van der Waals surface area contributed by atoms with Gasteiger partial charge in [-0.25, -0.2) is 18.1 Å². The minimum absolute atomic E-state index is 0.0625. The van der Waals surface area contributed by atoms with Crippen LogP contribution in [-0.4, -0.2) is 19.3 Å². The summed E-state index contributed by atoms with van der Waals surface area (Å²) in [6.45, 7) is 1.67. The van der Waals surface area contributed by atoms with E-state index < -0.39 is 15.9 Å². The molecular weight excluding hydrogens is 460 g/mol. The fourth-order valence-corrected chi connectivity index (χ4v) is 5.02. The summed E-state index contributed by atoms with van der Waals surface area (Å²) < 4.78 is 33.3. The SMILES string of the molecule is Cc1ccccc1S(=O)(=O)NC(=O)c1ccc2oc(-c3ccc4ccc(Cl)cc4n3)cc2c1. The number of hydrogen-bond acceptors (Lipinski definition) is 5. The molecule has 0 atom stereocenters. The second-order valence-corrected chi connectivity index (χ2v) is 9.68. The van der Waals surface area contributed by atoms with E-state index in [-0.39, 0.29) is 10.5 Å². The van der Waals surface area contributed by atoms with Crippen molar-refractivity contribution < 1.29 is 17.6 Å². The molecule has 0 aliphatic rings. The monoisotopic (exact) mass is 476 g/mol. The van der Waals surface area contributed by atoms with E-state index in [2.05, 4.69) is 9.71 Å². The van der Waals surface area contributed by atoms with E-state index in [9.17, 15) is 13.2 Å². The van der Waals surface area contributed by atoms with Gasteiger partial charge in [-0.1, -0.05) is 41.9 Å². The van der Waals surface area contributed by atoms with E-state index in [1.165, 1.54) is 12.1 Å². The molecule has 6 nitrogen and oxygen atoms in total. The van der Waals surface area contributed by atoms with Crippen molar-refractivity contribution in [2.24, 2.45) is 0 Å². The van der Waals surface area contributed by atoms with Crippen LogP contribution in [0.2, 0.25) is 5.02 Å². The van der Waals surface area contributed by atoms with E-state index in [4.69, 9.17) is 16.0 Å². The Hall–Kier alpha value is -3.68. The standard InChI is InChI=1S/C25H17ClN2O4S/c1-15-4-2-3-5-24(15)33(30,31)28-25(29)17-8-11-22-18(12-17)13-23(32-22)20-10-7-16-6-9-19(26)14-21(16)27-20/h2-14H,1H3,(H,28,29). The molecule has 0 saturated heterocycles.